The summed E-state index contributed by atoms with van der Waals surface area (Å²) in [4.78, 5) is 42.8. The van der Waals surface area contributed by atoms with Crippen molar-refractivity contribution in [3.8, 4) is 0 Å². The van der Waals surface area contributed by atoms with Crippen molar-refractivity contribution in [2.75, 3.05) is 30.3 Å². The van der Waals surface area contributed by atoms with Gasteiger partial charge in [0.1, 0.15) is 11.4 Å². The first-order valence-electron chi connectivity index (χ1n) is 14.1. The normalized spacial score (nSPS) is 24.8. The fourth-order valence-corrected chi connectivity index (χ4v) is 7.76. The van der Waals surface area contributed by atoms with E-state index in [9.17, 15) is 31.6 Å². The molecular formula is C28H35F2N5O5S. The van der Waals surface area contributed by atoms with Crippen LogP contribution in [0.2, 0.25) is 0 Å². The largest absolute Gasteiger partial charge is 0.329 e. The summed E-state index contributed by atoms with van der Waals surface area (Å²) >= 11 is 0. The van der Waals surface area contributed by atoms with E-state index in [1.54, 1.807) is 18.2 Å². The van der Waals surface area contributed by atoms with Crippen LogP contribution in [0.25, 0.3) is 0 Å². The summed E-state index contributed by atoms with van der Waals surface area (Å²) in [6.45, 7) is 2.17. The predicted molar refractivity (Wildman–Crippen MR) is 149 cm³/mol. The fourth-order valence-electron chi connectivity index (χ4n) is 6.29. The van der Waals surface area contributed by atoms with Crippen molar-refractivity contribution < 1.29 is 31.6 Å². The molecule has 3 heterocycles. The number of amidine groups is 1. The Labute approximate surface area is 238 Å². The molecule has 1 saturated carbocycles. The lowest BCUT2D eigenvalue weighted by molar-refractivity contribution is -0.125. The number of carbonyl (C=O) groups is 3. The van der Waals surface area contributed by atoms with E-state index in [1.165, 1.54) is 4.31 Å². The van der Waals surface area contributed by atoms with Crippen LogP contribution >= 0.6 is 0 Å². The van der Waals surface area contributed by atoms with Crippen molar-refractivity contribution in [2.45, 2.75) is 63.8 Å². The number of benzene rings is 1. The number of anilines is 1. The number of amides is 4. The molecule has 10 nitrogen and oxygen atoms in total. The smallest absolute Gasteiger partial charge is 0.328 e. The molecule has 222 valence electrons. The van der Waals surface area contributed by atoms with Crippen LogP contribution in [0, 0.1) is 18.8 Å². The van der Waals surface area contributed by atoms with Crippen LogP contribution in [0.15, 0.2) is 35.3 Å². The molecule has 4 aliphatic rings. The van der Waals surface area contributed by atoms with Crippen molar-refractivity contribution in [3.05, 3.63) is 41.5 Å². The SMILES string of the molecule is Cc1cc(N2C(=O)CNC2=O)ccc1CCS(=O)(=O)N1CCC2(CC1)N=C(C1CCC(CC=C(F)F)CC1)NC2=O. The summed E-state index contributed by atoms with van der Waals surface area (Å²) in [6.07, 6.45) is 3.75. The third kappa shape index (κ3) is 6.20. The molecule has 1 aromatic rings. The molecule has 0 unspecified atom stereocenters. The highest BCUT2D eigenvalue weighted by Gasteiger charge is 2.48. The van der Waals surface area contributed by atoms with E-state index in [1.807, 2.05) is 6.92 Å². The van der Waals surface area contributed by atoms with Crippen molar-refractivity contribution in [1.29, 1.82) is 0 Å². The Morgan fingerprint density at radius 3 is 2.44 bits per heavy atom. The van der Waals surface area contributed by atoms with E-state index in [2.05, 4.69) is 10.6 Å². The van der Waals surface area contributed by atoms with Crippen molar-refractivity contribution in [2.24, 2.45) is 16.8 Å². The molecule has 4 amide bonds. The van der Waals surface area contributed by atoms with Crippen LogP contribution in [-0.2, 0) is 26.0 Å². The van der Waals surface area contributed by atoms with Gasteiger partial charge in [-0.2, -0.15) is 8.78 Å². The number of piperidine rings is 1. The van der Waals surface area contributed by atoms with Crippen LogP contribution < -0.4 is 15.5 Å². The second kappa shape index (κ2) is 11.6. The summed E-state index contributed by atoms with van der Waals surface area (Å²) in [5.41, 5.74) is 1.09. The topological polar surface area (TPSA) is 128 Å². The lowest BCUT2D eigenvalue weighted by atomic mass is 9.80. The fraction of sp³-hybridized carbons (Fsp3) is 0.571. The van der Waals surface area contributed by atoms with Crippen molar-refractivity contribution >= 4 is 39.4 Å². The molecule has 2 saturated heterocycles. The number of carbonyl (C=O) groups excluding carboxylic acids is 3. The molecule has 0 atom stereocenters. The Morgan fingerprint density at radius 2 is 1.83 bits per heavy atom. The number of sulfonamides is 1. The van der Waals surface area contributed by atoms with E-state index in [4.69, 9.17) is 4.99 Å². The van der Waals surface area contributed by atoms with E-state index >= 15 is 0 Å². The van der Waals surface area contributed by atoms with Crippen molar-refractivity contribution in [3.63, 3.8) is 0 Å². The molecule has 1 aromatic carbocycles. The molecule has 0 radical (unpaired) electrons. The number of nitrogens with zero attached hydrogens (tertiary/aromatic N) is 3. The second-order valence-corrected chi connectivity index (χ2v) is 13.5. The highest BCUT2D eigenvalue weighted by Crippen LogP contribution is 2.37. The molecule has 2 N–H and O–H groups in total. The molecule has 3 aliphatic heterocycles. The van der Waals surface area contributed by atoms with Gasteiger partial charge in [-0.15, -0.1) is 0 Å². The van der Waals surface area contributed by atoms with Gasteiger partial charge in [-0.05, 0) is 93.5 Å². The van der Waals surface area contributed by atoms with Gasteiger partial charge in [0, 0.05) is 19.0 Å². The zero-order chi connectivity index (χ0) is 29.4. The Balaban J connectivity index is 1.15. The van der Waals surface area contributed by atoms with Gasteiger partial charge in [0.2, 0.25) is 10.0 Å². The average molecular weight is 592 g/mol. The standard InChI is InChI=1S/C28H35F2N5O5S/c1-18-16-22(35-24(36)17-31-27(35)38)8-7-20(18)10-15-41(39,40)34-13-11-28(12-14-34)26(37)32-25(33-28)21-5-2-19(3-6-21)4-9-23(29)30/h7-9,16,19,21H,2-6,10-15,17H2,1H3,(H,31,38)(H,32,33,37). The lowest BCUT2D eigenvalue weighted by Gasteiger charge is -2.34. The Morgan fingerprint density at radius 1 is 1.12 bits per heavy atom. The van der Waals surface area contributed by atoms with Crippen LogP contribution in [0.5, 0.6) is 0 Å². The number of hydrogen-bond acceptors (Lipinski definition) is 6. The van der Waals surface area contributed by atoms with Gasteiger partial charge in [0.05, 0.1) is 18.0 Å². The highest BCUT2D eigenvalue weighted by atomic mass is 32.2. The second-order valence-electron chi connectivity index (χ2n) is 11.4. The van der Waals surface area contributed by atoms with Gasteiger partial charge >= 0.3 is 6.03 Å². The number of halogens is 2. The zero-order valence-electron chi connectivity index (χ0n) is 23.0. The van der Waals surface area contributed by atoms with Gasteiger partial charge in [0.25, 0.3) is 17.9 Å². The quantitative estimate of drug-likeness (QED) is 0.449. The number of imide groups is 1. The zero-order valence-corrected chi connectivity index (χ0v) is 23.8. The van der Waals surface area contributed by atoms with Gasteiger partial charge < -0.3 is 10.6 Å². The minimum atomic E-state index is -3.59. The first kappa shape index (κ1) is 29.3. The van der Waals surface area contributed by atoms with E-state index in [-0.39, 0.29) is 55.5 Å². The molecule has 5 rings (SSSR count). The summed E-state index contributed by atoms with van der Waals surface area (Å²) in [6, 6.07) is 4.61. The Bertz CT molecular complexity index is 1380. The summed E-state index contributed by atoms with van der Waals surface area (Å²) in [5.74, 6) is 0.329. The van der Waals surface area contributed by atoms with Gasteiger partial charge in [-0.25, -0.2) is 22.4 Å². The number of allylic oxidation sites excluding steroid dienone is 1. The van der Waals surface area contributed by atoms with Gasteiger partial charge in [-0.3, -0.25) is 14.6 Å². The van der Waals surface area contributed by atoms with Crippen molar-refractivity contribution in [1.82, 2.24) is 14.9 Å². The number of nitrogens with one attached hydrogen (secondary N) is 2. The summed E-state index contributed by atoms with van der Waals surface area (Å²) < 4.78 is 52.6. The Hall–Kier alpha value is -3.19. The van der Waals surface area contributed by atoms with E-state index in [0.29, 0.717) is 30.8 Å². The van der Waals surface area contributed by atoms with Gasteiger partial charge in [0.15, 0.2) is 0 Å². The lowest BCUT2D eigenvalue weighted by Crippen LogP contribution is -2.51. The van der Waals surface area contributed by atoms with Gasteiger partial charge in [-0.1, -0.05) is 6.07 Å². The molecule has 3 fully saturated rings. The number of urea groups is 1. The number of aliphatic imine (C=N–C) groups is 1. The van der Waals surface area contributed by atoms with Crippen LogP contribution in [-0.4, -0.2) is 67.3 Å². The first-order valence-corrected chi connectivity index (χ1v) is 15.7. The van der Waals surface area contributed by atoms with Crippen LogP contribution in [0.1, 0.15) is 56.1 Å². The predicted octanol–water partition coefficient (Wildman–Crippen LogP) is 3.26. The highest BCUT2D eigenvalue weighted by molar-refractivity contribution is 7.89. The first-order chi connectivity index (χ1) is 19.5. The molecule has 13 heteroatoms. The minimum Gasteiger partial charge on any atom is -0.328 e. The minimum absolute atomic E-state index is 0.0474. The number of aryl methyl sites for hydroxylation is 2. The van der Waals surface area contributed by atoms with Crippen LogP contribution in [0.3, 0.4) is 0 Å². The maximum atomic E-state index is 13.2. The molecule has 1 aliphatic carbocycles. The van der Waals surface area contributed by atoms with E-state index < -0.39 is 27.7 Å². The third-order valence-electron chi connectivity index (χ3n) is 8.84. The maximum Gasteiger partial charge on any atom is 0.329 e. The Kier molecular flexibility index (Phi) is 8.29. The van der Waals surface area contributed by atoms with Crippen LogP contribution in [0.4, 0.5) is 19.3 Å². The third-order valence-corrected chi connectivity index (χ3v) is 10.7. The maximum absolute atomic E-state index is 13.2. The summed E-state index contributed by atoms with van der Waals surface area (Å²) in [7, 11) is -3.59. The molecule has 1 spiro atoms. The summed E-state index contributed by atoms with van der Waals surface area (Å²) in [5, 5.41) is 5.43. The molecule has 0 bridgehead atoms. The molecular weight excluding hydrogens is 556 g/mol. The monoisotopic (exact) mass is 591 g/mol. The number of rotatable bonds is 8. The molecule has 41 heavy (non-hydrogen) atoms. The van der Waals surface area contributed by atoms with E-state index in [0.717, 1.165) is 47.8 Å². The average Bonchev–Trinajstić information content (AvgIpc) is 3.44. The number of hydrogen-bond donors (Lipinski definition) is 2. The molecule has 0 aromatic heterocycles.